The van der Waals surface area contributed by atoms with Gasteiger partial charge in [0.25, 0.3) is 5.91 Å². The number of carbonyl (C=O) groups excluding carboxylic acids is 2. The number of hydrogen-bond donors (Lipinski definition) is 0. The van der Waals surface area contributed by atoms with E-state index in [1.807, 2.05) is 53.1 Å². The lowest BCUT2D eigenvalue weighted by molar-refractivity contribution is -0.136. The van der Waals surface area contributed by atoms with E-state index in [1.165, 1.54) is 0 Å². The van der Waals surface area contributed by atoms with E-state index in [9.17, 15) is 9.59 Å². The van der Waals surface area contributed by atoms with E-state index in [-0.39, 0.29) is 11.8 Å². The molecule has 2 aromatic rings. The van der Waals surface area contributed by atoms with Crippen LogP contribution in [-0.4, -0.2) is 101 Å². The highest BCUT2D eigenvalue weighted by Crippen LogP contribution is 2.48. The SMILES string of the molecule is CCCN1C(=O)c2ccccc2C(C(=O)N2CCN(CCOC)CC2)C1c1cc(OC)c(OC)c(OC)c1. The highest BCUT2D eigenvalue weighted by atomic mass is 16.5. The molecule has 0 radical (unpaired) electrons. The first-order valence-electron chi connectivity index (χ1n) is 13.2. The number of benzene rings is 2. The fourth-order valence-corrected chi connectivity index (χ4v) is 5.60. The van der Waals surface area contributed by atoms with Crippen molar-refractivity contribution in [3.63, 3.8) is 0 Å². The van der Waals surface area contributed by atoms with Gasteiger partial charge in [-0.2, -0.15) is 0 Å². The first kappa shape index (κ1) is 27.7. The second kappa shape index (κ2) is 12.5. The fourth-order valence-electron chi connectivity index (χ4n) is 5.60. The maximum Gasteiger partial charge on any atom is 0.254 e. The van der Waals surface area contributed by atoms with Gasteiger partial charge < -0.3 is 28.7 Å². The standard InChI is InChI=1S/C29H39N3O6/c1-6-11-32-26(20-18-23(36-3)27(38-5)24(19-20)37-4)25(21-9-7-8-10-22(21)28(32)33)29(34)31-14-12-30(13-15-31)16-17-35-2/h7-10,18-19,25-26H,6,11-17H2,1-5H3. The number of ether oxygens (including phenoxy) is 4. The van der Waals surface area contributed by atoms with Gasteiger partial charge in [-0.1, -0.05) is 25.1 Å². The zero-order chi connectivity index (χ0) is 27.2. The molecule has 2 heterocycles. The maximum atomic E-state index is 14.4. The summed E-state index contributed by atoms with van der Waals surface area (Å²) in [6.07, 6.45) is 0.758. The van der Waals surface area contributed by atoms with E-state index >= 15 is 0 Å². The molecule has 2 aliphatic rings. The molecule has 9 nitrogen and oxygen atoms in total. The molecule has 38 heavy (non-hydrogen) atoms. The van der Waals surface area contributed by atoms with Crippen molar-refractivity contribution >= 4 is 11.8 Å². The molecule has 4 rings (SSSR count). The average molecular weight is 526 g/mol. The lowest BCUT2D eigenvalue weighted by atomic mass is 9.78. The predicted molar refractivity (Wildman–Crippen MR) is 144 cm³/mol. The number of carbonyl (C=O) groups is 2. The van der Waals surface area contributed by atoms with Crippen molar-refractivity contribution in [2.24, 2.45) is 0 Å². The van der Waals surface area contributed by atoms with Gasteiger partial charge in [0, 0.05) is 51.9 Å². The van der Waals surface area contributed by atoms with Crippen LogP contribution in [0.4, 0.5) is 0 Å². The fraction of sp³-hybridized carbons (Fsp3) is 0.517. The molecule has 2 aliphatic heterocycles. The Morgan fingerprint density at radius 1 is 0.921 bits per heavy atom. The van der Waals surface area contributed by atoms with Gasteiger partial charge >= 0.3 is 0 Å². The van der Waals surface area contributed by atoms with E-state index < -0.39 is 12.0 Å². The summed E-state index contributed by atoms with van der Waals surface area (Å²) in [6.45, 7) is 6.90. The molecule has 0 spiro atoms. The van der Waals surface area contributed by atoms with Gasteiger partial charge in [0.2, 0.25) is 11.7 Å². The molecule has 2 atom stereocenters. The van der Waals surface area contributed by atoms with Crippen LogP contribution in [0, 0.1) is 0 Å². The van der Waals surface area contributed by atoms with Gasteiger partial charge in [-0.25, -0.2) is 0 Å². The van der Waals surface area contributed by atoms with E-state index in [1.54, 1.807) is 28.4 Å². The summed E-state index contributed by atoms with van der Waals surface area (Å²) in [5.41, 5.74) is 2.12. The van der Waals surface area contributed by atoms with Crippen molar-refractivity contribution < 1.29 is 28.5 Å². The van der Waals surface area contributed by atoms with Gasteiger partial charge in [0.1, 0.15) is 0 Å². The maximum absolute atomic E-state index is 14.4. The zero-order valence-electron chi connectivity index (χ0n) is 23.1. The van der Waals surface area contributed by atoms with E-state index in [0.717, 1.165) is 37.2 Å². The molecule has 0 saturated carbocycles. The van der Waals surface area contributed by atoms with Crippen LogP contribution in [0.1, 0.15) is 46.8 Å². The second-order valence-corrected chi connectivity index (χ2v) is 9.63. The predicted octanol–water partition coefficient (Wildman–Crippen LogP) is 3.19. The third-order valence-electron chi connectivity index (χ3n) is 7.49. The molecule has 0 aromatic heterocycles. The summed E-state index contributed by atoms with van der Waals surface area (Å²) < 4.78 is 22.0. The number of hydrogen-bond acceptors (Lipinski definition) is 7. The lowest BCUT2D eigenvalue weighted by Crippen LogP contribution is -2.53. The minimum absolute atomic E-state index is 0.0243. The van der Waals surface area contributed by atoms with Crippen LogP contribution in [0.2, 0.25) is 0 Å². The van der Waals surface area contributed by atoms with Crippen molar-refractivity contribution in [1.29, 1.82) is 0 Å². The number of piperazine rings is 1. The summed E-state index contributed by atoms with van der Waals surface area (Å²) in [4.78, 5) is 34.3. The van der Waals surface area contributed by atoms with Crippen LogP contribution in [0.5, 0.6) is 17.2 Å². The number of nitrogens with zero attached hydrogens (tertiary/aromatic N) is 3. The van der Waals surface area contributed by atoms with Gasteiger partial charge in [-0.3, -0.25) is 14.5 Å². The molecular weight excluding hydrogens is 486 g/mol. The Morgan fingerprint density at radius 2 is 1.58 bits per heavy atom. The zero-order valence-corrected chi connectivity index (χ0v) is 23.1. The largest absolute Gasteiger partial charge is 0.493 e. The molecule has 2 aromatic carbocycles. The van der Waals surface area contributed by atoms with E-state index in [0.29, 0.717) is 49.1 Å². The summed E-state index contributed by atoms with van der Waals surface area (Å²) >= 11 is 0. The summed E-state index contributed by atoms with van der Waals surface area (Å²) in [5.74, 6) is 0.832. The highest BCUT2D eigenvalue weighted by Gasteiger charge is 2.46. The van der Waals surface area contributed by atoms with Gasteiger partial charge in [0.05, 0.1) is 39.9 Å². The quantitative estimate of drug-likeness (QED) is 0.471. The van der Waals surface area contributed by atoms with Crippen molar-refractivity contribution in [2.45, 2.75) is 25.3 Å². The van der Waals surface area contributed by atoms with Crippen LogP contribution in [-0.2, 0) is 9.53 Å². The molecule has 0 bridgehead atoms. The summed E-state index contributed by atoms with van der Waals surface area (Å²) in [7, 11) is 6.39. The van der Waals surface area contributed by atoms with Crippen LogP contribution < -0.4 is 14.2 Å². The Labute approximate surface area is 225 Å². The Hall–Kier alpha value is -3.30. The van der Waals surface area contributed by atoms with Crippen molar-refractivity contribution in [3.05, 3.63) is 53.1 Å². The molecule has 2 unspecified atom stereocenters. The van der Waals surface area contributed by atoms with Crippen LogP contribution in [0.15, 0.2) is 36.4 Å². The number of amides is 2. The van der Waals surface area contributed by atoms with Gasteiger partial charge in [-0.05, 0) is 35.7 Å². The molecule has 206 valence electrons. The number of rotatable bonds is 10. The Balaban J connectivity index is 1.80. The molecule has 9 heteroatoms. The average Bonchev–Trinajstić information content (AvgIpc) is 2.96. The monoisotopic (exact) mass is 525 g/mol. The highest BCUT2D eigenvalue weighted by molar-refractivity contribution is 6.01. The first-order chi connectivity index (χ1) is 18.5. The second-order valence-electron chi connectivity index (χ2n) is 9.63. The summed E-state index contributed by atoms with van der Waals surface area (Å²) in [5, 5.41) is 0. The molecule has 0 aliphatic carbocycles. The van der Waals surface area contributed by atoms with E-state index in [4.69, 9.17) is 18.9 Å². The third kappa shape index (κ3) is 5.31. The topological polar surface area (TPSA) is 80.8 Å². The third-order valence-corrected chi connectivity index (χ3v) is 7.49. The Kier molecular flexibility index (Phi) is 9.12. The Bertz CT molecular complexity index is 1110. The van der Waals surface area contributed by atoms with Gasteiger partial charge in [-0.15, -0.1) is 0 Å². The van der Waals surface area contributed by atoms with Crippen molar-refractivity contribution in [2.75, 3.05) is 74.3 Å². The summed E-state index contributed by atoms with van der Waals surface area (Å²) in [6, 6.07) is 10.7. The van der Waals surface area contributed by atoms with Crippen LogP contribution in [0.25, 0.3) is 0 Å². The molecule has 1 saturated heterocycles. The van der Waals surface area contributed by atoms with Crippen molar-refractivity contribution in [3.8, 4) is 17.2 Å². The first-order valence-corrected chi connectivity index (χ1v) is 13.2. The van der Waals surface area contributed by atoms with E-state index in [2.05, 4.69) is 4.90 Å². The number of fused-ring (bicyclic) bond motifs is 1. The lowest BCUT2D eigenvalue weighted by Gasteiger charge is -2.44. The molecular formula is C29H39N3O6. The molecule has 2 amide bonds. The van der Waals surface area contributed by atoms with Crippen LogP contribution >= 0.6 is 0 Å². The minimum Gasteiger partial charge on any atom is -0.493 e. The molecule has 0 N–H and O–H groups in total. The van der Waals surface area contributed by atoms with Crippen molar-refractivity contribution in [1.82, 2.24) is 14.7 Å². The Morgan fingerprint density at radius 3 is 2.16 bits per heavy atom. The number of methoxy groups -OCH3 is 4. The van der Waals surface area contributed by atoms with Gasteiger partial charge in [0.15, 0.2) is 11.5 Å². The van der Waals surface area contributed by atoms with Crippen LogP contribution in [0.3, 0.4) is 0 Å². The smallest absolute Gasteiger partial charge is 0.254 e. The molecule has 1 fully saturated rings. The normalized spacial score (nSPS) is 19.8. The minimum atomic E-state index is -0.566.